The molecule has 0 fully saturated rings. The lowest BCUT2D eigenvalue weighted by atomic mass is 9.91. The Morgan fingerprint density at radius 2 is 2.13 bits per heavy atom. The summed E-state index contributed by atoms with van der Waals surface area (Å²) in [6.07, 6.45) is 2.62. The summed E-state index contributed by atoms with van der Waals surface area (Å²) in [6, 6.07) is 4.78. The maximum atomic E-state index is 14.7. The Bertz CT molecular complexity index is 858. The summed E-state index contributed by atoms with van der Waals surface area (Å²) >= 11 is 5.91. The van der Waals surface area contributed by atoms with Gasteiger partial charge in [-0.05, 0) is 60.7 Å². The number of aromatic nitrogens is 1. The number of nitrogens with zero attached hydrogens (tertiary/aromatic N) is 1. The van der Waals surface area contributed by atoms with Gasteiger partial charge in [0.15, 0.2) is 0 Å². The molecule has 23 heavy (non-hydrogen) atoms. The average molecular weight is 331 g/mol. The number of primary amides is 1. The van der Waals surface area contributed by atoms with Gasteiger partial charge in [0.05, 0.1) is 0 Å². The van der Waals surface area contributed by atoms with Crippen LogP contribution in [0.15, 0.2) is 30.0 Å². The summed E-state index contributed by atoms with van der Waals surface area (Å²) in [5.74, 6) is -1.01. The topological polar surface area (TPSA) is 56.0 Å². The summed E-state index contributed by atoms with van der Waals surface area (Å²) < 4.78 is 14.7. The molecule has 0 saturated carbocycles. The number of nitrogens with two attached hydrogens (primary N) is 1. The van der Waals surface area contributed by atoms with Gasteiger partial charge in [-0.3, -0.25) is 4.79 Å². The fourth-order valence-corrected chi connectivity index (χ4v) is 3.33. The third-order valence-corrected chi connectivity index (χ3v) is 4.59. The lowest BCUT2D eigenvalue weighted by molar-refractivity contribution is 0.0999. The van der Waals surface area contributed by atoms with Crippen molar-refractivity contribution in [2.45, 2.75) is 26.7 Å². The van der Waals surface area contributed by atoms with Crippen molar-refractivity contribution >= 4 is 23.1 Å². The molecule has 1 amide bonds. The molecule has 0 atom stereocenters. The first kappa shape index (κ1) is 15.7. The Morgan fingerprint density at radius 1 is 1.39 bits per heavy atom. The number of hydrogen-bond acceptors (Lipinski definition) is 2. The SMILES string of the molecule is CC1=C(C)c2c(Cc3ccnc(Cl)c3)c(F)cc(C(N)=O)c2C1. The number of halogens is 2. The predicted octanol–water partition coefficient (Wildman–Crippen LogP) is 3.91. The molecule has 0 radical (unpaired) electrons. The van der Waals surface area contributed by atoms with Crippen LogP contribution in [0, 0.1) is 5.82 Å². The van der Waals surface area contributed by atoms with Crippen LogP contribution in [0.2, 0.25) is 5.15 Å². The van der Waals surface area contributed by atoms with Gasteiger partial charge in [0.2, 0.25) is 5.91 Å². The van der Waals surface area contributed by atoms with E-state index in [9.17, 15) is 9.18 Å². The minimum Gasteiger partial charge on any atom is -0.366 e. The van der Waals surface area contributed by atoms with Crippen LogP contribution in [-0.4, -0.2) is 10.9 Å². The fraction of sp³-hybridized carbons (Fsp3) is 0.222. The number of fused-ring (bicyclic) bond motifs is 1. The van der Waals surface area contributed by atoms with E-state index in [4.69, 9.17) is 17.3 Å². The van der Waals surface area contributed by atoms with Crippen LogP contribution in [-0.2, 0) is 12.8 Å². The molecule has 1 aromatic carbocycles. The third kappa shape index (κ3) is 2.75. The number of allylic oxidation sites excluding steroid dienone is 2. The Balaban J connectivity index is 2.18. The lowest BCUT2D eigenvalue weighted by Crippen LogP contribution is -2.16. The first-order valence-corrected chi connectivity index (χ1v) is 7.67. The van der Waals surface area contributed by atoms with Crippen molar-refractivity contribution in [1.29, 1.82) is 0 Å². The first-order chi connectivity index (χ1) is 10.9. The lowest BCUT2D eigenvalue weighted by Gasteiger charge is -2.15. The van der Waals surface area contributed by atoms with E-state index in [1.165, 1.54) is 6.07 Å². The van der Waals surface area contributed by atoms with Crippen LogP contribution in [0.3, 0.4) is 0 Å². The van der Waals surface area contributed by atoms with Crippen LogP contribution in [0.4, 0.5) is 4.39 Å². The van der Waals surface area contributed by atoms with E-state index in [0.717, 1.165) is 27.8 Å². The number of amides is 1. The van der Waals surface area contributed by atoms with Gasteiger partial charge >= 0.3 is 0 Å². The monoisotopic (exact) mass is 330 g/mol. The Hall–Kier alpha value is -2.20. The van der Waals surface area contributed by atoms with Gasteiger partial charge in [-0.15, -0.1) is 0 Å². The molecule has 5 heteroatoms. The van der Waals surface area contributed by atoms with Gasteiger partial charge in [0.1, 0.15) is 11.0 Å². The molecule has 1 heterocycles. The molecule has 3 rings (SSSR count). The predicted molar refractivity (Wildman–Crippen MR) is 88.9 cm³/mol. The average Bonchev–Trinajstić information content (AvgIpc) is 2.77. The molecule has 0 unspecified atom stereocenters. The van der Waals surface area contributed by atoms with Crippen molar-refractivity contribution in [3.05, 3.63) is 68.8 Å². The summed E-state index contributed by atoms with van der Waals surface area (Å²) in [5.41, 5.74) is 10.9. The fourth-order valence-electron chi connectivity index (χ4n) is 3.13. The van der Waals surface area contributed by atoms with E-state index in [1.54, 1.807) is 18.3 Å². The van der Waals surface area contributed by atoms with Gasteiger partial charge in [-0.1, -0.05) is 17.2 Å². The smallest absolute Gasteiger partial charge is 0.249 e. The first-order valence-electron chi connectivity index (χ1n) is 7.29. The maximum absolute atomic E-state index is 14.7. The number of hydrogen-bond donors (Lipinski definition) is 1. The van der Waals surface area contributed by atoms with E-state index in [-0.39, 0.29) is 5.56 Å². The molecule has 2 aromatic rings. The largest absolute Gasteiger partial charge is 0.366 e. The molecule has 118 valence electrons. The molecule has 0 aliphatic heterocycles. The Kier molecular flexibility index (Phi) is 3.94. The number of benzene rings is 1. The zero-order chi connectivity index (χ0) is 16.7. The molecule has 0 bridgehead atoms. The van der Waals surface area contributed by atoms with Gasteiger partial charge in [0.25, 0.3) is 0 Å². The highest BCUT2D eigenvalue weighted by molar-refractivity contribution is 6.29. The van der Waals surface area contributed by atoms with Gasteiger partial charge in [-0.25, -0.2) is 9.37 Å². The molecule has 0 saturated heterocycles. The zero-order valence-electron chi connectivity index (χ0n) is 12.9. The molecule has 1 aliphatic rings. The number of pyridine rings is 1. The molecular formula is C18H16ClFN2O. The molecular weight excluding hydrogens is 315 g/mol. The van der Waals surface area contributed by atoms with Crippen molar-refractivity contribution in [3.8, 4) is 0 Å². The molecule has 2 N–H and O–H groups in total. The van der Waals surface area contributed by atoms with Gasteiger partial charge < -0.3 is 5.73 Å². The van der Waals surface area contributed by atoms with Crippen LogP contribution in [0.5, 0.6) is 0 Å². The summed E-state index contributed by atoms with van der Waals surface area (Å²) in [6.45, 7) is 3.94. The minimum atomic E-state index is -0.596. The molecule has 1 aromatic heterocycles. The van der Waals surface area contributed by atoms with E-state index < -0.39 is 11.7 Å². The highest BCUT2D eigenvalue weighted by Crippen LogP contribution is 2.39. The van der Waals surface area contributed by atoms with E-state index in [1.807, 2.05) is 13.8 Å². The summed E-state index contributed by atoms with van der Waals surface area (Å²) in [4.78, 5) is 15.6. The molecule has 0 spiro atoms. The Morgan fingerprint density at radius 3 is 2.78 bits per heavy atom. The van der Waals surface area contributed by atoms with Crippen LogP contribution >= 0.6 is 11.6 Å². The van der Waals surface area contributed by atoms with Crippen molar-refractivity contribution in [2.24, 2.45) is 5.73 Å². The van der Waals surface area contributed by atoms with Crippen LogP contribution in [0.1, 0.15) is 46.5 Å². The standard InChI is InChI=1S/C18H16ClFN2O/c1-9-5-12-13(18(21)23)8-15(20)14(17(12)10(9)2)6-11-3-4-22-16(19)7-11/h3-4,7-8H,5-6H2,1-2H3,(H2,21,23). The number of carbonyl (C=O) groups excluding carboxylic acids is 1. The summed E-state index contributed by atoms with van der Waals surface area (Å²) in [5, 5.41) is 0.372. The second-order valence-electron chi connectivity index (χ2n) is 5.85. The van der Waals surface area contributed by atoms with Crippen molar-refractivity contribution in [3.63, 3.8) is 0 Å². The third-order valence-electron chi connectivity index (χ3n) is 4.38. The van der Waals surface area contributed by atoms with Gasteiger partial charge in [-0.2, -0.15) is 0 Å². The van der Waals surface area contributed by atoms with E-state index in [0.29, 0.717) is 23.6 Å². The van der Waals surface area contributed by atoms with E-state index >= 15 is 0 Å². The van der Waals surface area contributed by atoms with Crippen molar-refractivity contribution in [2.75, 3.05) is 0 Å². The zero-order valence-corrected chi connectivity index (χ0v) is 13.7. The summed E-state index contributed by atoms with van der Waals surface area (Å²) in [7, 11) is 0. The van der Waals surface area contributed by atoms with Gasteiger partial charge in [0, 0.05) is 23.7 Å². The highest BCUT2D eigenvalue weighted by Gasteiger charge is 2.27. The normalized spacial score (nSPS) is 13.4. The minimum absolute atomic E-state index is 0.269. The van der Waals surface area contributed by atoms with E-state index in [2.05, 4.69) is 4.98 Å². The van der Waals surface area contributed by atoms with Crippen molar-refractivity contribution in [1.82, 2.24) is 4.98 Å². The number of carbonyl (C=O) groups is 1. The number of rotatable bonds is 3. The van der Waals surface area contributed by atoms with Crippen LogP contribution in [0.25, 0.3) is 5.57 Å². The Labute approximate surface area is 139 Å². The highest BCUT2D eigenvalue weighted by atomic mass is 35.5. The molecule has 1 aliphatic carbocycles. The quantitative estimate of drug-likeness (QED) is 0.867. The second kappa shape index (κ2) is 5.78. The molecule has 3 nitrogen and oxygen atoms in total. The second-order valence-corrected chi connectivity index (χ2v) is 6.24. The van der Waals surface area contributed by atoms with Crippen molar-refractivity contribution < 1.29 is 9.18 Å². The maximum Gasteiger partial charge on any atom is 0.249 e. The van der Waals surface area contributed by atoms with Crippen LogP contribution < -0.4 is 5.73 Å².